The quantitative estimate of drug-likeness (QED) is 0.784. The van der Waals surface area contributed by atoms with Gasteiger partial charge in [-0.15, -0.1) is 0 Å². The largest absolute Gasteiger partial charge is 0.329 e. The number of anilines is 1. The Morgan fingerprint density at radius 3 is 2.25 bits per heavy atom. The van der Waals surface area contributed by atoms with Gasteiger partial charge in [0.2, 0.25) is 5.91 Å². The van der Waals surface area contributed by atoms with E-state index in [9.17, 15) is 9.59 Å². The molecule has 1 heterocycles. The lowest BCUT2D eigenvalue weighted by Crippen LogP contribution is -2.29. The summed E-state index contributed by atoms with van der Waals surface area (Å²) in [6, 6.07) is 15.3. The van der Waals surface area contributed by atoms with E-state index in [1.54, 1.807) is 4.57 Å². The number of carbonyl (C=O) groups is 1. The number of imidazole rings is 1. The summed E-state index contributed by atoms with van der Waals surface area (Å²) in [6.07, 6.45) is 0.839. The third kappa shape index (κ3) is 2.85. The molecule has 0 aliphatic carbocycles. The molecule has 0 bridgehead atoms. The number of rotatable bonds is 5. The number of benzene rings is 2. The maximum absolute atomic E-state index is 12.6. The van der Waals surface area contributed by atoms with E-state index in [2.05, 4.69) is 5.32 Å². The molecule has 1 aromatic heterocycles. The highest BCUT2D eigenvalue weighted by molar-refractivity contribution is 5.92. The van der Waals surface area contributed by atoms with Crippen molar-refractivity contribution in [3.05, 3.63) is 64.6 Å². The summed E-state index contributed by atoms with van der Waals surface area (Å²) in [5, 5.41) is 2.92. The Labute approximate surface area is 140 Å². The van der Waals surface area contributed by atoms with Gasteiger partial charge in [0.15, 0.2) is 0 Å². The predicted octanol–water partition coefficient (Wildman–Crippen LogP) is 3.02. The van der Waals surface area contributed by atoms with Gasteiger partial charge in [0, 0.05) is 12.2 Å². The van der Waals surface area contributed by atoms with E-state index in [-0.39, 0.29) is 18.1 Å². The summed E-state index contributed by atoms with van der Waals surface area (Å²) < 4.78 is 3.21. The molecule has 0 spiro atoms. The summed E-state index contributed by atoms with van der Waals surface area (Å²) in [5.74, 6) is -0.197. The Balaban J connectivity index is 1.91. The first-order chi connectivity index (χ1) is 11.7. The molecule has 0 saturated carbocycles. The van der Waals surface area contributed by atoms with Gasteiger partial charge in [0.25, 0.3) is 0 Å². The minimum absolute atomic E-state index is 0.00436. The standard InChI is InChI=1S/C19H21N3O2/c1-3-14-9-5-6-10-15(14)20-18(23)13-22-17-12-8-7-11-16(17)21(4-2)19(22)24/h5-12H,3-4,13H2,1-2H3,(H,20,23). The molecule has 2 aromatic carbocycles. The maximum Gasteiger partial charge on any atom is 0.329 e. The van der Waals surface area contributed by atoms with Crippen LogP contribution in [0.1, 0.15) is 19.4 Å². The summed E-state index contributed by atoms with van der Waals surface area (Å²) in [6.45, 7) is 4.55. The minimum Gasteiger partial charge on any atom is -0.324 e. The molecular weight excluding hydrogens is 302 g/mol. The van der Waals surface area contributed by atoms with Gasteiger partial charge in [0.1, 0.15) is 6.54 Å². The monoisotopic (exact) mass is 323 g/mol. The van der Waals surface area contributed by atoms with Crippen LogP contribution in [-0.4, -0.2) is 15.0 Å². The van der Waals surface area contributed by atoms with Gasteiger partial charge in [0.05, 0.1) is 11.0 Å². The van der Waals surface area contributed by atoms with Gasteiger partial charge >= 0.3 is 5.69 Å². The Bertz CT molecular complexity index is 937. The first kappa shape index (κ1) is 16.1. The molecule has 0 unspecified atom stereocenters. The van der Waals surface area contributed by atoms with Crippen LogP contribution in [0.4, 0.5) is 5.69 Å². The molecule has 0 aliphatic rings. The Morgan fingerprint density at radius 1 is 0.958 bits per heavy atom. The number of hydrogen-bond acceptors (Lipinski definition) is 2. The van der Waals surface area contributed by atoms with Crippen molar-refractivity contribution >= 4 is 22.6 Å². The average Bonchev–Trinajstić information content (AvgIpc) is 2.87. The van der Waals surface area contributed by atoms with Crippen molar-refractivity contribution in [1.82, 2.24) is 9.13 Å². The van der Waals surface area contributed by atoms with Crippen molar-refractivity contribution in [2.75, 3.05) is 5.32 Å². The SMILES string of the molecule is CCc1ccccc1NC(=O)Cn1c(=O)n(CC)c2ccccc21. The number of aromatic nitrogens is 2. The number of amides is 1. The van der Waals surface area contributed by atoms with Crippen LogP contribution < -0.4 is 11.0 Å². The third-order valence-electron chi connectivity index (χ3n) is 4.22. The molecule has 0 fully saturated rings. The van der Waals surface area contributed by atoms with Crippen molar-refractivity contribution in [3.8, 4) is 0 Å². The second-order valence-electron chi connectivity index (χ2n) is 5.66. The molecule has 5 nitrogen and oxygen atoms in total. The minimum atomic E-state index is -0.197. The van der Waals surface area contributed by atoms with Crippen molar-refractivity contribution < 1.29 is 4.79 Å². The molecule has 0 radical (unpaired) electrons. The Hall–Kier alpha value is -2.82. The fourth-order valence-corrected chi connectivity index (χ4v) is 3.01. The molecule has 124 valence electrons. The summed E-state index contributed by atoms with van der Waals surface area (Å²) in [7, 11) is 0. The first-order valence-electron chi connectivity index (χ1n) is 8.21. The van der Waals surface area contributed by atoms with E-state index in [4.69, 9.17) is 0 Å². The average molecular weight is 323 g/mol. The number of nitrogens with one attached hydrogen (secondary N) is 1. The number of nitrogens with zero attached hydrogens (tertiary/aromatic N) is 2. The van der Waals surface area contributed by atoms with Gasteiger partial charge in [-0.1, -0.05) is 37.3 Å². The van der Waals surface area contributed by atoms with Crippen LogP contribution in [0.15, 0.2) is 53.3 Å². The smallest absolute Gasteiger partial charge is 0.324 e. The van der Waals surface area contributed by atoms with Crippen LogP contribution in [0.2, 0.25) is 0 Å². The van der Waals surface area contributed by atoms with E-state index in [1.165, 1.54) is 4.57 Å². The highest BCUT2D eigenvalue weighted by Crippen LogP contribution is 2.16. The second-order valence-corrected chi connectivity index (χ2v) is 5.66. The predicted molar refractivity (Wildman–Crippen MR) is 96.3 cm³/mol. The fourth-order valence-electron chi connectivity index (χ4n) is 3.01. The number of hydrogen-bond donors (Lipinski definition) is 1. The zero-order chi connectivity index (χ0) is 17.1. The van der Waals surface area contributed by atoms with E-state index < -0.39 is 0 Å². The van der Waals surface area contributed by atoms with E-state index in [1.807, 2.05) is 62.4 Å². The molecule has 1 N–H and O–H groups in total. The van der Waals surface area contributed by atoms with Gasteiger partial charge < -0.3 is 5.32 Å². The Morgan fingerprint density at radius 2 is 1.58 bits per heavy atom. The van der Waals surface area contributed by atoms with Gasteiger partial charge in [-0.3, -0.25) is 13.9 Å². The zero-order valence-corrected chi connectivity index (χ0v) is 14.0. The summed E-state index contributed by atoms with van der Waals surface area (Å²) >= 11 is 0. The van der Waals surface area contributed by atoms with Crippen LogP contribution in [-0.2, 0) is 24.3 Å². The van der Waals surface area contributed by atoms with E-state index in [0.717, 1.165) is 28.7 Å². The molecule has 24 heavy (non-hydrogen) atoms. The third-order valence-corrected chi connectivity index (χ3v) is 4.22. The number of fused-ring (bicyclic) bond motifs is 1. The molecule has 0 saturated heterocycles. The first-order valence-corrected chi connectivity index (χ1v) is 8.21. The number of carbonyl (C=O) groups excluding carboxylic acids is 1. The molecule has 0 atom stereocenters. The molecule has 3 aromatic rings. The summed E-state index contributed by atoms with van der Waals surface area (Å²) in [4.78, 5) is 25.0. The fraction of sp³-hybridized carbons (Fsp3) is 0.263. The van der Waals surface area contributed by atoms with Crippen LogP contribution in [0.5, 0.6) is 0 Å². The topological polar surface area (TPSA) is 56.0 Å². The lowest BCUT2D eigenvalue weighted by molar-refractivity contribution is -0.116. The molecule has 0 aliphatic heterocycles. The van der Waals surface area contributed by atoms with Crippen molar-refractivity contribution in [1.29, 1.82) is 0 Å². The van der Waals surface area contributed by atoms with Gasteiger partial charge in [-0.25, -0.2) is 4.79 Å². The van der Waals surface area contributed by atoms with Crippen LogP contribution >= 0.6 is 0 Å². The van der Waals surface area contributed by atoms with Gasteiger partial charge in [-0.2, -0.15) is 0 Å². The van der Waals surface area contributed by atoms with E-state index in [0.29, 0.717) is 6.54 Å². The highest BCUT2D eigenvalue weighted by Gasteiger charge is 2.14. The van der Waals surface area contributed by atoms with Gasteiger partial charge in [-0.05, 0) is 37.1 Å². The lowest BCUT2D eigenvalue weighted by atomic mass is 10.1. The van der Waals surface area contributed by atoms with Crippen LogP contribution in [0.25, 0.3) is 11.0 Å². The normalized spacial score (nSPS) is 10.9. The van der Waals surface area contributed by atoms with Crippen molar-refractivity contribution in [2.24, 2.45) is 0 Å². The van der Waals surface area contributed by atoms with Crippen molar-refractivity contribution in [3.63, 3.8) is 0 Å². The second kappa shape index (κ2) is 6.74. The maximum atomic E-state index is 12.6. The number of aryl methyl sites for hydroxylation is 2. The molecule has 3 rings (SSSR count). The zero-order valence-electron chi connectivity index (χ0n) is 14.0. The van der Waals surface area contributed by atoms with Crippen LogP contribution in [0.3, 0.4) is 0 Å². The van der Waals surface area contributed by atoms with E-state index >= 15 is 0 Å². The van der Waals surface area contributed by atoms with Crippen LogP contribution in [0, 0.1) is 0 Å². The highest BCUT2D eigenvalue weighted by atomic mass is 16.2. The van der Waals surface area contributed by atoms with Crippen molar-refractivity contribution in [2.45, 2.75) is 33.4 Å². The number of para-hydroxylation sites is 3. The molecular formula is C19H21N3O2. The molecule has 5 heteroatoms. The Kier molecular flexibility index (Phi) is 4.51. The summed E-state index contributed by atoms with van der Waals surface area (Å²) in [5.41, 5.74) is 3.36. The molecule has 1 amide bonds. The lowest BCUT2D eigenvalue weighted by Gasteiger charge is -2.10.